The molecule has 0 spiro atoms. The van der Waals surface area contributed by atoms with Gasteiger partial charge in [-0.3, -0.25) is 10.0 Å². The maximum Gasteiger partial charge on any atom is 0.416 e. The van der Waals surface area contributed by atoms with Crippen molar-refractivity contribution in [3.05, 3.63) is 42.1 Å². The van der Waals surface area contributed by atoms with E-state index >= 15 is 0 Å². The van der Waals surface area contributed by atoms with E-state index in [-0.39, 0.29) is 5.92 Å². The predicted octanol–water partition coefficient (Wildman–Crippen LogP) is 3.23. The molecule has 0 aromatic heterocycles. The third-order valence-corrected chi connectivity index (χ3v) is 4.08. The van der Waals surface area contributed by atoms with Crippen LogP contribution in [0.5, 0.6) is 0 Å². The summed E-state index contributed by atoms with van der Waals surface area (Å²) in [6.07, 6.45) is 1.76. The van der Waals surface area contributed by atoms with E-state index in [0.717, 1.165) is 31.3 Å². The SMILES string of the molecule is CN1C=CC(C=O)(C2CC2)N1c1cccc(C(F)(F)F)c1. The van der Waals surface area contributed by atoms with E-state index in [9.17, 15) is 18.0 Å². The summed E-state index contributed by atoms with van der Waals surface area (Å²) in [6.45, 7) is 0. The lowest BCUT2D eigenvalue weighted by Gasteiger charge is -2.39. The molecule has 0 N–H and O–H groups in total. The summed E-state index contributed by atoms with van der Waals surface area (Å²) in [5.74, 6) is 0.158. The Kier molecular flexibility index (Phi) is 3.00. The Morgan fingerprint density at radius 2 is 2.05 bits per heavy atom. The van der Waals surface area contributed by atoms with E-state index in [4.69, 9.17) is 0 Å². The molecule has 21 heavy (non-hydrogen) atoms. The molecule has 3 rings (SSSR count). The van der Waals surface area contributed by atoms with Crippen molar-refractivity contribution in [3.63, 3.8) is 0 Å². The van der Waals surface area contributed by atoms with Gasteiger partial charge in [-0.2, -0.15) is 13.2 Å². The summed E-state index contributed by atoms with van der Waals surface area (Å²) in [6, 6.07) is 5.09. The minimum absolute atomic E-state index is 0.158. The molecule has 0 amide bonds. The average molecular weight is 296 g/mol. The van der Waals surface area contributed by atoms with Gasteiger partial charge >= 0.3 is 6.18 Å². The van der Waals surface area contributed by atoms with Gasteiger partial charge in [0.25, 0.3) is 0 Å². The number of hydrazine groups is 1. The average Bonchev–Trinajstić information content (AvgIpc) is 3.23. The summed E-state index contributed by atoms with van der Waals surface area (Å²) in [5.41, 5.74) is -1.20. The Morgan fingerprint density at radius 1 is 1.33 bits per heavy atom. The third kappa shape index (κ3) is 2.18. The van der Waals surface area contributed by atoms with Crippen molar-refractivity contribution in [2.45, 2.75) is 24.6 Å². The number of anilines is 1. The predicted molar refractivity (Wildman–Crippen MR) is 72.3 cm³/mol. The zero-order chi connectivity index (χ0) is 15.3. The van der Waals surface area contributed by atoms with Crippen molar-refractivity contribution in [2.75, 3.05) is 12.1 Å². The van der Waals surface area contributed by atoms with E-state index in [1.165, 1.54) is 6.07 Å². The van der Waals surface area contributed by atoms with Crippen LogP contribution < -0.4 is 5.01 Å². The van der Waals surface area contributed by atoms with Gasteiger partial charge in [-0.05, 0) is 43.0 Å². The number of rotatable bonds is 3. The normalized spacial score (nSPS) is 25.5. The van der Waals surface area contributed by atoms with E-state index in [1.807, 2.05) is 0 Å². The van der Waals surface area contributed by atoms with Crippen LogP contribution >= 0.6 is 0 Å². The highest BCUT2D eigenvalue weighted by Crippen LogP contribution is 2.47. The van der Waals surface area contributed by atoms with E-state index < -0.39 is 17.3 Å². The molecule has 1 saturated carbocycles. The Morgan fingerprint density at radius 3 is 2.62 bits per heavy atom. The van der Waals surface area contributed by atoms with E-state index in [0.29, 0.717) is 5.69 Å². The summed E-state index contributed by atoms with van der Waals surface area (Å²) in [5, 5.41) is 3.31. The Labute approximate surface area is 120 Å². The van der Waals surface area contributed by atoms with E-state index in [2.05, 4.69) is 0 Å². The molecule has 1 aromatic carbocycles. The van der Waals surface area contributed by atoms with Crippen LogP contribution in [0.25, 0.3) is 0 Å². The number of hydrogen-bond acceptors (Lipinski definition) is 3. The molecule has 6 heteroatoms. The zero-order valence-electron chi connectivity index (χ0n) is 11.5. The summed E-state index contributed by atoms with van der Waals surface area (Å²) in [7, 11) is 1.73. The first kappa shape index (κ1) is 14.0. The Balaban J connectivity index is 2.04. The van der Waals surface area contributed by atoms with Crippen LogP contribution in [0.4, 0.5) is 18.9 Å². The highest BCUT2D eigenvalue weighted by Gasteiger charge is 2.52. The van der Waals surface area contributed by atoms with Gasteiger partial charge in [0, 0.05) is 13.2 Å². The Hall–Kier alpha value is -1.98. The molecule has 1 aliphatic heterocycles. The molecule has 2 aliphatic rings. The fraction of sp³-hybridized carbons (Fsp3) is 0.400. The smallest absolute Gasteiger partial charge is 0.300 e. The van der Waals surface area contributed by atoms with Crippen molar-refractivity contribution in [2.24, 2.45) is 5.92 Å². The minimum Gasteiger partial charge on any atom is -0.300 e. The third-order valence-electron chi connectivity index (χ3n) is 4.08. The molecule has 0 saturated heterocycles. The fourth-order valence-electron chi connectivity index (χ4n) is 2.90. The molecular weight excluding hydrogens is 281 g/mol. The van der Waals surface area contributed by atoms with Gasteiger partial charge < -0.3 is 4.79 Å². The van der Waals surface area contributed by atoms with Crippen molar-refractivity contribution in [1.82, 2.24) is 5.01 Å². The fourth-order valence-corrected chi connectivity index (χ4v) is 2.90. The molecule has 3 nitrogen and oxygen atoms in total. The van der Waals surface area contributed by atoms with Crippen LogP contribution in [0, 0.1) is 5.92 Å². The monoisotopic (exact) mass is 296 g/mol. The van der Waals surface area contributed by atoms with Crippen molar-refractivity contribution in [1.29, 1.82) is 0 Å². The van der Waals surface area contributed by atoms with Gasteiger partial charge in [-0.25, -0.2) is 0 Å². The molecule has 0 bridgehead atoms. The second-order valence-electron chi connectivity index (χ2n) is 5.53. The molecule has 112 valence electrons. The van der Waals surface area contributed by atoms with Crippen LogP contribution in [-0.4, -0.2) is 23.9 Å². The molecule has 1 fully saturated rings. The quantitative estimate of drug-likeness (QED) is 0.800. The standard InChI is InChI=1S/C15H15F3N2O/c1-19-8-7-14(10-21,11-5-6-11)20(19)13-4-2-3-12(9-13)15(16,17)18/h2-4,7-11H,5-6H2,1H3. The number of carbonyl (C=O) groups excluding carboxylic acids is 1. The van der Waals surface area contributed by atoms with Gasteiger partial charge in [0.15, 0.2) is 6.29 Å². The highest BCUT2D eigenvalue weighted by molar-refractivity contribution is 5.78. The maximum absolute atomic E-state index is 12.9. The zero-order valence-corrected chi connectivity index (χ0v) is 11.5. The molecule has 1 aliphatic carbocycles. The van der Waals surface area contributed by atoms with Gasteiger partial charge in [-0.15, -0.1) is 0 Å². The van der Waals surface area contributed by atoms with Crippen molar-refractivity contribution in [3.8, 4) is 0 Å². The second-order valence-corrected chi connectivity index (χ2v) is 5.53. The first-order valence-electron chi connectivity index (χ1n) is 6.74. The van der Waals surface area contributed by atoms with Crippen molar-refractivity contribution < 1.29 is 18.0 Å². The minimum atomic E-state index is -4.40. The molecule has 0 radical (unpaired) electrons. The molecule has 1 atom stereocenters. The number of hydrogen-bond donors (Lipinski definition) is 0. The first-order valence-corrected chi connectivity index (χ1v) is 6.74. The number of halogens is 3. The molecule has 1 aromatic rings. The summed E-state index contributed by atoms with van der Waals surface area (Å²) >= 11 is 0. The second kappa shape index (κ2) is 4.51. The lowest BCUT2D eigenvalue weighted by Crippen LogP contribution is -2.52. The van der Waals surface area contributed by atoms with Gasteiger partial charge in [0.05, 0.1) is 11.3 Å². The molecule has 1 heterocycles. The molecule has 1 unspecified atom stereocenters. The first-order chi connectivity index (χ1) is 9.88. The summed E-state index contributed by atoms with van der Waals surface area (Å²) < 4.78 is 38.6. The molecular formula is C15H15F3N2O. The van der Waals surface area contributed by atoms with Gasteiger partial charge in [0.1, 0.15) is 5.54 Å². The van der Waals surface area contributed by atoms with Gasteiger partial charge in [-0.1, -0.05) is 6.07 Å². The topological polar surface area (TPSA) is 23.6 Å². The van der Waals surface area contributed by atoms with Crippen LogP contribution in [-0.2, 0) is 11.0 Å². The largest absolute Gasteiger partial charge is 0.416 e. The van der Waals surface area contributed by atoms with Crippen LogP contribution in [0.2, 0.25) is 0 Å². The van der Waals surface area contributed by atoms with E-state index in [1.54, 1.807) is 35.4 Å². The lowest BCUT2D eigenvalue weighted by atomic mass is 9.94. The summed E-state index contributed by atoms with van der Waals surface area (Å²) in [4.78, 5) is 11.7. The van der Waals surface area contributed by atoms with Crippen LogP contribution in [0.3, 0.4) is 0 Å². The number of benzene rings is 1. The van der Waals surface area contributed by atoms with Gasteiger partial charge in [0.2, 0.25) is 0 Å². The maximum atomic E-state index is 12.9. The van der Waals surface area contributed by atoms with Crippen LogP contribution in [0.1, 0.15) is 18.4 Å². The number of aldehydes is 1. The number of carbonyl (C=O) groups is 1. The number of alkyl halides is 3. The Bertz CT molecular complexity index is 595. The lowest BCUT2D eigenvalue weighted by molar-refractivity contribution is -0.137. The highest BCUT2D eigenvalue weighted by atomic mass is 19.4. The van der Waals surface area contributed by atoms with Crippen molar-refractivity contribution >= 4 is 12.0 Å². The number of nitrogens with zero attached hydrogens (tertiary/aromatic N) is 2. The van der Waals surface area contributed by atoms with Crippen LogP contribution in [0.15, 0.2) is 36.5 Å².